The molecule has 0 fully saturated rings. The lowest BCUT2D eigenvalue weighted by molar-refractivity contribution is -0.125. The van der Waals surface area contributed by atoms with E-state index in [1.165, 1.54) is 0 Å². The third-order valence-electron chi connectivity index (χ3n) is 4.49. The highest BCUT2D eigenvalue weighted by Gasteiger charge is 2.27. The average molecular weight is 388 g/mol. The highest BCUT2D eigenvalue weighted by atomic mass is 32.1. The van der Waals surface area contributed by atoms with Gasteiger partial charge in [0.25, 0.3) is 5.91 Å². The van der Waals surface area contributed by atoms with E-state index in [0.717, 1.165) is 20.8 Å². The minimum Gasteiger partial charge on any atom is -0.485 e. The lowest BCUT2D eigenvalue weighted by Crippen LogP contribution is -2.40. The Labute approximate surface area is 165 Å². The molecule has 1 atom stereocenters. The van der Waals surface area contributed by atoms with Crippen LogP contribution >= 0.6 is 11.3 Å². The standard InChI is InChI=1S/C22H16N2O3S/c25-21(19-13-26-17-6-2-3-7-18(17)27-19)23-15-11-9-14(10-12-15)22-24-16-5-1-4-8-20(16)28-22/h1-12,19H,13H2,(H,23,25). The minimum absolute atomic E-state index is 0.187. The van der Waals surface area contributed by atoms with Crippen molar-refractivity contribution in [3.05, 3.63) is 72.8 Å². The molecular formula is C22H16N2O3S. The average Bonchev–Trinajstić information content (AvgIpc) is 3.18. The number of aromatic nitrogens is 1. The number of ether oxygens (including phenoxy) is 2. The van der Waals surface area contributed by atoms with Crippen LogP contribution in [0.5, 0.6) is 11.5 Å². The second-order valence-electron chi connectivity index (χ2n) is 6.42. The Bertz CT molecular complexity index is 1120. The number of nitrogens with one attached hydrogen (secondary N) is 1. The summed E-state index contributed by atoms with van der Waals surface area (Å²) in [6.45, 7) is 0.187. The summed E-state index contributed by atoms with van der Waals surface area (Å²) in [5.74, 6) is 1.01. The smallest absolute Gasteiger partial charge is 0.269 e. The number of nitrogens with zero attached hydrogens (tertiary/aromatic N) is 1. The maximum absolute atomic E-state index is 12.5. The van der Waals surface area contributed by atoms with Crippen molar-refractivity contribution in [2.24, 2.45) is 0 Å². The first-order valence-electron chi connectivity index (χ1n) is 8.92. The van der Waals surface area contributed by atoms with Crippen molar-refractivity contribution in [2.75, 3.05) is 11.9 Å². The first kappa shape index (κ1) is 16.8. The number of hydrogen-bond acceptors (Lipinski definition) is 5. The van der Waals surface area contributed by atoms with Crippen molar-refractivity contribution >= 4 is 33.1 Å². The molecule has 6 heteroatoms. The summed E-state index contributed by atoms with van der Waals surface area (Å²) in [5.41, 5.74) is 2.72. The summed E-state index contributed by atoms with van der Waals surface area (Å²) in [6, 6.07) is 23.1. The maximum Gasteiger partial charge on any atom is 0.269 e. The van der Waals surface area contributed by atoms with E-state index in [1.807, 2.05) is 60.7 Å². The molecule has 0 radical (unpaired) electrons. The van der Waals surface area contributed by atoms with Crippen LogP contribution in [0.25, 0.3) is 20.8 Å². The number of para-hydroxylation sites is 3. The molecular weight excluding hydrogens is 372 g/mol. The minimum atomic E-state index is -0.682. The first-order chi connectivity index (χ1) is 13.8. The molecule has 0 bridgehead atoms. The van der Waals surface area contributed by atoms with Crippen molar-refractivity contribution in [1.82, 2.24) is 4.98 Å². The van der Waals surface area contributed by atoms with Crippen molar-refractivity contribution in [1.29, 1.82) is 0 Å². The zero-order chi connectivity index (χ0) is 18.9. The molecule has 0 saturated carbocycles. The Morgan fingerprint density at radius 3 is 2.54 bits per heavy atom. The first-order valence-corrected chi connectivity index (χ1v) is 9.73. The van der Waals surface area contributed by atoms with E-state index in [-0.39, 0.29) is 12.5 Å². The van der Waals surface area contributed by atoms with E-state index >= 15 is 0 Å². The Morgan fingerprint density at radius 2 is 1.71 bits per heavy atom. The zero-order valence-corrected chi connectivity index (χ0v) is 15.6. The van der Waals surface area contributed by atoms with E-state index in [9.17, 15) is 4.79 Å². The summed E-state index contributed by atoms with van der Waals surface area (Å²) >= 11 is 1.65. The third kappa shape index (κ3) is 3.18. The van der Waals surface area contributed by atoms with Crippen LogP contribution in [0, 0.1) is 0 Å². The Balaban J connectivity index is 1.29. The molecule has 1 N–H and O–H groups in total. The molecule has 0 aliphatic carbocycles. The molecule has 5 rings (SSSR count). The summed E-state index contributed by atoms with van der Waals surface area (Å²) in [4.78, 5) is 17.2. The predicted octanol–water partition coefficient (Wildman–Crippen LogP) is 4.74. The number of anilines is 1. The van der Waals surface area contributed by atoms with Gasteiger partial charge in [-0.1, -0.05) is 24.3 Å². The number of thiazole rings is 1. The van der Waals surface area contributed by atoms with E-state index in [0.29, 0.717) is 17.2 Å². The van der Waals surface area contributed by atoms with Gasteiger partial charge in [0.2, 0.25) is 6.10 Å². The zero-order valence-electron chi connectivity index (χ0n) is 14.8. The highest BCUT2D eigenvalue weighted by Crippen LogP contribution is 2.32. The van der Waals surface area contributed by atoms with Gasteiger partial charge in [0, 0.05) is 11.3 Å². The fraction of sp³-hybridized carbons (Fsp3) is 0.0909. The van der Waals surface area contributed by atoms with Crippen LogP contribution in [0.2, 0.25) is 0 Å². The van der Waals surface area contributed by atoms with Gasteiger partial charge in [-0.05, 0) is 48.5 Å². The number of carbonyl (C=O) groups excluding carboxylic acids is 1. The Kier molecular flexibility index (Phi) is 4.18. The third-order valence-corrected chi connectivity index (χ3v) is 5.58. The second-order valence-corrected chi connectivity index (χ2v) is 7.45. The van der Waals surface area contributed by atoms with Gasteiger partial charge < -0.3 is 14.8 Å². The lowest BCUT2D eigenvalue weighted by atomic mass is 10.2. The second kappa shape index (κ2) is 6.98. The van der Waals surface area contributed by atoms with Crippen LogP contribution in [0.1, 0.15) is 0 Å². The van der Waals surface area contributed by atoms with Gasteiger partial charge in [0.15, 0.2) is 11.5 Å². The molecule has 28 heavy (non-hydrogen) atoms. The number of fused-ring (bicyclic) bond motifs is 2. The van der Waals surface area contributed by atoms with Crippen LogP contribution < -0.4 is 14.8 Å². The molecule has 1 amide bonds. The van der Waals surface area contributed by atoms with Crippen LogP contribution in [0.4, 0.5) is 5.69 Å². The quantitative estimate of drug-likeness (QED) is 0.551. The molecule has 0 saturated heterocycles. The Hall–Kier alpha value is -3.38. The van der Waals surface area contributed by atoms with Gasteiger partial charge in [-0.15, -0.1) is 11.3 Å². The molecule has 5 nitrogen and oxygen atoms in total. The molecule has 0 spiro atoms. The Morgan fingerprint density at radius 1 is 0.964 bits per heavy atom. The topological polar surface area (TPSA) is 60.5 Å². The molecule has 1 aliphatic heterocycles. The van der Waals surface area contributed by atoms with Crippen molar-refractivity contribution < 1.29 is 14.3 Å². The van der Waals surface area contributed by atoms with Gasteiger partial charge in [-0.25, -0.2) is 4.98 Å². The van der Waals surface area contributed by atoms with Gasteiger partial charge in [0.1, 0.15) is 11.6 Å². The van der Waals surface area contributed by atoms with Crippen molar-refractivity contribution in [3.8, 4) is 22.1 Å². The largest absolute Gasteiger partial charge is 0.485 e. The summed E-state index contributed by atoms with van der Waals surface area (Å²) in [7, 11) is 0. The lowest BCUT2D eigenvalue weighted by Gasteiger charge is -2.25. The van der Waals surface area contributed by atoms with Gasteiger partial charge in [-0.2, -0.15) is 0 Å². The van der Waals surface area contributed by atoms with E-state index in [1.54, 1.807) is 17.4 Å². The fourth-order valence-corrected chi connectivity index (χ4v) is 4.03. The summed E-state index contributed by atoms with van der Waals surface area (Å²) in [6.07, 6.45) is -0.682. The van der Waals surface area contributed by atoms with Crippen LogP contribution in [0.15, 0.2) is 72.8 Å². The monoisotopic (exact) mass is 388 g/mol. The van der Waals surface area contributed by atoms with Crippen LogP contribution in [-0.4, -0.2) is 23.6 Å². The number of rotatable bonds is 3. The van der Waals surface area contributed by atoms with Crippen LogP contribution in [-0.2, 0) is 4.79 Å². The maximum atomic E-state index is 12.5. The molecule has 3 aromatic carbocycles. The van der Waals surface area contributed by atoms with E-state index in [4.69, 9.17) is 9.47 Å². The number of amides is 1. The van der Waals surface area contributed by atoms with Gasteiger partial charge in [-0.3, -0.25) is 4.79 Å². The van der Waals surface area contributed by atoms with Gasteiger partial charge >= 0.3 is 0 Å². The molecule has 1 aromatic heterocycles. The van der Waals surface area contributed by atoms with Crippen LogP contribution in [0.3, 0.4) is 0 Å². The predicted molar refractivity (Wildman–Crippen MR) is 110 cm³/mol. The fourth-order valence-electron chi connectivity index (χ4n) is 3.06. The summed E-state index contributed by atoms with van der Waals surface area (Å²) < 4.78 is 12.5. The van der Waals surface area contributed by atoms with Gasteiger partial charge in [0.05, 0.1) is 10.2 Å². The highest BCUT2D eigenvalue weighted by molar-refractivity contribution is 7.21. The molecule has 1 unspecified atom stereocenters. The number of hydrogen-bond donors (Lipinski definition) is 1. The normalized spacial score (nSPS) is 15.4. The number of benzene rings is 3. The SMILES string of the molecule is O=C(Nc1ccc(-c2nc3ccccc3s2)cc1)C1COc2ccccc2O1. The molecule has 138 valence electrons. The molecule has 2 heterocycles. The van der Waals surface area contributed by atoms with Crippen molar-refractivity contribution in [3.63, 3.8) is 0 Å². The molecule has 4 aromatic rings. The molecule has 1 aliphatic rings. The van der Waals surface area contributed by atoms with E-state index < -0.39 is 6.10 Å². The van der Waals surface area contributed by atoms with E-state index in [2.05, 4.69) is 16.4 Å². The summed E-state index contributed by atoms with van der Waals surface area (Å²) in [5, 5.41) is 3.84. The van der Waals surface area contributed by atoms with Crippen molar-refractivity contribution in [2.45, 2.75) is 6.10 Å². The number of carbonyl (C=O) groups is 1.